The lowest BCUT2D eigenvalue weighted by atomic mass is 10.0. The van der Waals surface area contributed by atoms with E-state index in [0.717, 1.165) is 12.2 Å². The van der Waals surface area contributed by atoms with Gasteiger partial charge in [0, 0.05) is 12.1 Å². The molecule has 0 saturated carbocycles. The summed E-state index contributed by atoms with van der Waals surface area (Å²) < 4.78 is 11.5. The molecule has 0 spiro atoms. The van der Waals surface area contributed by atoms with Crippen LogP contribution in [0.2, 0.25) is 0 Å². The number of nitrogens with two attached hydrogens (primary N) is 1. The summed E-state index contributed by atoms with van der Waals surface area (Å²) in [6, 6.07) is 24.5. The number of hydrogen-bond donors (Lipinski definition) is 2. The Labute approximate surface area is 163 Å². The van der Waals surface area contributed by atoms with Gasteiger partial charge in [0.1, 0.15) is 23.1 Å². The first kappa shape index (κ1) is 18.2. The summed E-state index contributed by atoms with van der Waals surface area (Å²) in [4.78, 5) is 4.41. The third kappa shape index (κ3) is 4.22. The normalized spacial score (nSPS) is 13.4. The van der Waals surface area contributed by atoms with Crippen LogP contribution in [0.5, 0.6) is 11.5 Å². The number of nitrogens with zero attached hydrogens (tertiary/aromatic N) is 1. The van der Waals surface area contributed by atoms with Gasteiger partial charge in [-0.25, -0.2) is 4.98 Å². The van der Waals surface area contributed by atoms with Gasteiger partial charge >= 0.3 is 0 Å². The maximum atomic E-state index is 10.6. The molecule has 3 N–H and O–H groups in total. The molecule has 0 bridgehead atoms. The van der Waals surface area contributed by atoms with Crippen LogP contribution in [0.3, 0.4) is 0 Å². The van der Waals surface area contributed by atoms with Crippen molar-refractivity contribution in [2.45, 2.75) is 25.0 Å². The molecule has 0 saturated heterocycles. The fourth-order valence-electron chi connectivity index (χ4n) is 3.06. The summed E-state index contributed by atoms with van der Waals surface area (Å²) in [5.41, 5.74) is 8.57. The number of para-hydroxylation sites is 1. The minimum absolute atomic E-state index is 0.229. The molecule has 1 heterocycles. The molecule has 0 radical (unpaired) electrons. The third-order valence-electron chi connectivity index (χ3n) is 4.62. The number of aliphatic hydroxyl groups is 1. The van der Waals surface area contributed by atoms with Crippen molar-refractivity contribution in [3.63, 3.8) is 0 Å². The van der Waals surface area contributed by atoms with Crippen LogP contribution in [0, 0.1) is 0 Å². The van der Waals surface area contributed by atoms with E-state index in [-0.39, 0.29) is 5.89 Å². The summed E-state index contributed by atoms with van der Waals surface area (Å²) >= 11 is 0. The van der Waals surface area contributed by atoms with Gasteiger partial charge in [-0.05, 0) is 42.7 Å². The van der Waals surface area contributed by atoms with Crippen molar-refractivity contribution in [2.24, 2.45) is 5.73 Å². The van der Waals surface area contributed by atoms with Crippen LogP contribution in [-0.2, 0) is 6.42 Å². The first-order valence-electron chi connectivity index (χ1n) is 9.30. The smallest absolute Gasteiger partial charge is 0.225 e. The Hall–Kier alpha value is -3.15. The molecule has 4 aromatic rings. The highest BCUT2D eigenvalue weighted by molar-refractivity contribution is 5.74. The number of aryl methyl sites for hydroxylation is 1. The van der Waals surface area contributed by atoms with E-state index in [1.54, 1.807) is 12.1 Å². The number of aliphatic hydroxyl groups excluding tert-OH is 1. The SMILES string of the molecule is N[C@H](CCc1ccccc1)C(O)c1nc2cc(Oc3ccccc3)ccc2o1. The van der Waals surface area contributed by atoms with Crippen LogP contribution in [0.25, 0.3) is 11.1 Å². The summed E-state index contributed by atoms with van der Waals surface area (Å²) in [7, 11) is 0. The molecule has 28 heavy (non-hydrogen) atoms. The predicted octanol–water partition coefficient (Wildman–Crippen LogP) is 4.61. The van der Waals surface area contributed by atoms with E-state index in [0.29, 0.717) is 23.3 Å². The lowest BCUT2D eigenvalue weighted by Crippen LogP contribution is -2.29. The highest BCUT2D eigenvalue weighted by Gasteiger charge is 2.22. The van der Waals surface area contributed by atoms with E-state index in [4.69, 9.17) is 14.9 Å². The summed E-state index contributed by atoms with van der Waals surface area (Å²) in [5.74, 6) is 1.63. The fraction of sp³-hybridized carbons (Fsp3) is 0.174. The van der Waals surface area contributed by atoms with E-state index in [9.17, 15) is 5.11 Å². The number of aromatic nitrogens is 1. The van der Waals surface area contributed by atoms with Crippen LogP contribution >= 0.6 is 0 Å². The minimum atomic E-state index is -0.963. The molecule has 1 unspecified atom stereocenters. The van der Waals surface area contributed by atoms with Gasteiger partial charge in [0.15, 0.2) is 5.58 Å². The Balaban J connectivity index is 1.45. The van der Waals surface area contributed by atoms with Gasteiger partial charge in [-0.3, -0.25) is 0 Å². The highest BCUT2D eigenvalue weighted by Crippen LogP contribution is 2.28. The molecular formula is C23H22N2O3. The molecule has 0 aliphatic carbocycles. The fourth-order valence-corrected chi connectivity index (χ4v) is 3.06. The van der Waals surface area contributed by atoms with Crippen molar-refractivity contribution < 1.29 is 14.3 Å². The van der Waals surface area contributed by atoms with Gasteiger partial charge in [-0.15, -0.1) is 0 Å². The van der Waals surface area contributed by atoms with E-state index in [1.807, 2.05) is 66.7 Å². The van der Waals surface area contributed by atoms with Gasteiger partial charge in [0.25, 0.3) is 0 Å². The monoisotopic (exact) mass is 374 g/mol. The van der Waals surface area contributed by atoms with Crippen molar-refractivity contribution in [3.05, 3.63) is 90.3 Å². The molecule has 142 valence electrons. The van der Waals surface area contributed by atoms with Gasteiger partial charge in [0.2, 0.25) is 5.89 Å². The molecule has 5 heteroatoms. The number of hydrogen-bond acceptors (Lipinski definition) is 5. The molecule has 1 aromatic heterocycles. The lowest BCUT2D eigenvalue weighted by molar-refractivity contribution is 0.114. The van der Waals surface area contributed by atoms with Crippen molar-refractivity contribution in [3.8, 4) is 11.5 Å². The first-order valence-corrected chi connectivity index (χ1v) is 9.30. The number of oxazole rings is 1. The summed E-state index contributed by atoms with van der Waals surface area (Å²) in [6.07, 6.45) is 0.454. The first-order chi connectivity index (χ1) is 13.7. The van der Waals surface area contributed by atoms with E-state index >= 15 is 0 Å². The summed E-state index contributed by atoms with van der Waals surface area (Å²) in [6.45, 7) is 0. The van der Waals surface area contributed by atoms with Crippen molar-refractivity contribution in [1.29, 1.82) is 0 Å². The minimum Gasteiger partial charge on any atom is -0.457 e. The van der Waals surface area contributed by atoms with Crippen molar-refractivity contribution >= 4 is 11.1 Å². The molecule has 0 fully saturated rings. The largest absolute Gasteiger partial charge is 0.457 e. The van der Waals surface area contributed by atoms with Crippen molar-refractivity contribution in [2.75, 3.05) is 0 Å². The molecule has 2 atom stereocenters. The number of benzene rings is 3. The second-order valence-electron chi connectivity index (χ2n) is 6.73. The third-order valence-corrected chi connectivity index (χ3v) is 4.62. The maximum Gasteiger partial charge on any atom is 0.225 e. The number of fused-ring (bicyclic) bond motifs is 1. The zero-order chi connectivity index (χ0) is 19.3. The molecule has 4 rings (SSSR count). The average Bonchev–Trinajstić information content (AvgIpc) is 3.16. The maximum absolute atomic E-state index is 10.6. The van der Waals surface area contributed by atoms with E-state index < -0.39 is 12.1 Å². The molecule has 0 aliphatic rings. The second kappa shape index (κ2) is 8.25. The Bertz CT molecular complexity index is 1030. The molecule has 5 nitrogen and oxygen atoms in total. The Kier molecular flexibility index (Phi) is 5.37. The van der Waals surface area contributed by atoms with Gasteiger partial charge in [-0.2, -0.15) is 0 Å². The van der Waals surface area contributed by atoms with E-state index in [2.05, 4.69) is 4.98 Å². The zero-order valence-corrected chi connectivity index (χ0v) is 15.4. The zero-order valence-electron chi connectivity index (χ0n) is 15.4. The highest BCUT2D eigenvalue weighted by atomic mass is 16.5. The van der Waals surface area contributed by atoms with Crippen LogP contribution < -0.4 is 10.5 Å². The Morgan fingerprint density at radius 2 is 1.64 bits per heavy atom. The van der Waals surface area contributed by atoms with Gasteiger partial charge < -0.3 is 20.0 Å². The standard InChI is InChI=1S/C23H22N2O3/c24-19(13-11-16-7-3-1-4-8-16)22(26)23-25-20-15-18(12-14-21(20)28-23)27-17-9-5-2-6-10-17/h1-10,12,14-15,19,22,26H,11,13,24H2/t19-,22?/m1/s1. The summed E-state index contributed by atoms with van der Waals surface area (Å²) in [5, 5.41) is 10.6. The number of rotatable bonds is 7. The Morgan fingerprint density at radius 3 is 2.39 bits per heavy atom. The molecular weight excluding hydrogens is 352 g/mol. The molecule has 0 amide bonds. The number of ether oxygens (including phenoxy) is 1. The van der Waals surface area contributed by atoms with Gasteiger partial charge in [-0.1, -0.05) is 48.5 Å². The van der Waals surface area contributed by atoms with Crippen LogP contribution in [0.15, 0.2) is 83.3 Å². The molecule has 0 aliphatic heterocycles. The molecule has 3 aromatic carbocycles. The predicted molar refractivity (Wildman–Crippen MR) is 108 cm³/mol. The quantitative estimate of drug-likeness (QED) is 0.493. The average molecular weight is 374 g/mol. The van der Waals surface area contributed by atoms with Crippen molar-refractivity contribution in [1.82, 2.24) is 4.98 Å². The van der Waals surface area contributed by atoms with Crippen LogP contribution in [-0.4, -0.2) is 16.1 Å². The van der Waals surface area contributed by atoms with E-state index in [1.165, 1.54) is 5.56 Å². The van der Waals surface area contributed by atoms with Crippen LogP contribution in [0.4, 0.5) is 0 Å². The topological polar surface area (TPSA) is 81.5 Å². The van der Waals surface area contributed by atoms with Gasteiger partial charge in [0.05, 0.1) is 0 Å². The van der Waals surface area contributed by atoms with Crippen LogP contribution in [0.1, 0.15) is 24.0 Å². The second-order valence-corrected chi connectivity index (χ2v) is 6.73. The lowest BCUT2D eigenvalue weighted by Gasteiger charge is -2.15. The Morgan fingerprint density at radius 1 is 0.929 bits per heavy atom.